The molecular formula is C22H30O3. The first-order valence-electron chi connectivity index (χ1n) is 8.59. The van der Waals surface area contributed by atoms with E-state index in [1.807, 2.05) is 31.2 Å². The Morgan fingerprint density at radius 2 is 1.96 bits per heavy atom. The fourth-order valence-corrected chi connectivity index (χ4v) is 2.53. The second-order valence-electron chi connectivity index (χ2n) is 6.81. The van der Waals surface area contributed by atoms with Crippen LogP contribution in [0.25, 0.3) is 0 Å². The lowest BCUT2D eigenvalue weighted by molar-refractivity contribution is -0.136. The summed E-state index contributed by atoms with van der Waals surface area (Å²) in [6, 6.07) is 5.55. The van der Waals surface area contributed by atoms with Crippen molar-refractivity contribution in [2.24, 2.45) is 5.41 Å². The van der Waals surface area contributed by atoms with Gasteiger partial charge in [-0.05, 0) is 56.2 Å². The van der Waals surface area contributed by atoms with E-state index in [1.165, 1.54) is 5.57 Å². The molecule has 3 nitrogen and oxygen atoms in total. The van der Waals surface area contributed by atoms with E-state index < -0.39 is 0 Å². The van der Waals surface area contributed by atoms with Crippen molar-refractivity contribution in [3.8, 4) is 11.5 Å². The minimum Gasteiger partial charge on any atom is -0.493 e. The van der Waals surface area contributed by atoms with Crippen LogP contribution in [0.3, 0.4) is 0 Å². The average Bonchev–Trinajstić information content (AvgIpc) is 2.56. The molecule has 1 aromatic rings. The van der Waals surface area contributed by atoms with Crippen LogP contribution in [0.15, 0.2) is 55.2 Å². The van der Waals surface area contributed by atoms with Gasteiger partial charge in [0.25, 0.3) is 0 Å². The number of allylic oxidation sites excluding steroid dienone is 4. The molecule has 0 N–H and O–H groups in total. The van der Waals surface area contributed by atoms with Crippen LogP contribution in [0, 0.1) is 5.41 Å². The highest BCUT2D eigenvalue weighted by atomic mass is 16.6. The zero-order chi connectivity index (χ0) is 18.9. The molecule has 1 rings (SSSR count). The molecule has 0 radical (unpaired) electrons. The number of methoxy groups -OCH3 is 1. The highest BCUT2D eigenvalue weighted by Crippen LogP contribution is 2.33. The Kier molecular flexibility index (Phi) is 8.20. The molecule has 0 heterocycles. The quantitative estimate of drug-likeness (QED) is 0.313. The van der Waals surface area contributed by atoms with Crippen LogP contribution in [-0.2, 0) is 11.2 Å². The van der Waals surface area contributed by atoms with E-state index in [1.54, 1.807) is 13.2 Å². The first kappa shape index (κ1) is 20.8. The Morgan fingerprint density at radius 3 is 2.52 bits per heavy atom. The molecule has 1 aromatic carbocycles. The van der Waals surface area contributed by atoms with E-state index in [9.17, 15) is 4.79 Å². The van der Waals surface area contributed by atoms with Crippen molar-refractivity contribution in [3.63, 3.8) is 0 Å². The third-order valence-electron chi connectivity index (χ3n) is 4.14. The van der Waals surface area contributed by atoms with Gasteiger partial charge >= 0.3 is 5.97 Å². The summed E-state index contributed by atoms with van der Waals surface area (Å²) >= 11 is 0. The largest absolute Gasteiger partial charge is 0.493 e. The van der Waals surface area contributed by atoms with Crippen molar-refractivity contribution in [1.82, 2.24) is 0 Å². The topological polar surface area (TPSA) is 35.5 Å². The van der Waals surface area contributed by atoms with E-state index in [0.29, 0.717) is 11.5 Å². The summed E-state index contributed by atoms with van der Waals surface area (Å²) in [7, 11) is 1.57. The summed E-state index contributed by atoms with van der Waals surface area (Å²) in [5.41, 5.74) is 2.04. The van der Waals surface area contributed by atoms with Gasteiger partial charge in [0.2, 0.25) is 0 Å². The maximum atomic E-state index is 12.4. The Hall–Kier alpha value is -2.29. The molecule has 0 bridgehead atoms. The number of hydrogen-bond acceptors (Lipinski definition) is 3. The Morgan fingerprint density at radius 1 is 1.24 bits per heavy atom. The highest BCUT2D eigenvalue weighted by Gasteiger charge is 2.25. The van der Waals surface area contributed by atoms with Crippen LogP contribution >= 0.6 is 0 Å². The second-order valence-corrected chi connectivity index (χ2v) is 6.81. The zero-order valence-electron chi connectivity index (χ0n) is 15.9. The highest BCUT2D eigenvalue weighted by molar-refractivity contribution is 5.74. The van der Waals surface area contributed by atoms with Gasteiger partial charge in [-0.25, -0.2) is 0 Å². The lowest BCUT2D eigenvalue weighted by Gasteiger charge is -2.24. The van der Waals surface area contributed by atoms with E-state index in [0.717, 1.165) is 24.8 Å². The minimum atomic E-state index is -0.293. The van der Waals surface area contributed by atoms with Gasteiger partial charge in [0.15, 0.2) is 11.5 Å². The summed E-state index contributed by atoms with van der Waals surface area (Å²) < 4.78 is 10.9. The van der Waals surface area contributed by atoms with Gasteiger partial charge in [-0.3, -0.25) is 4.79 Å². The van der Waals surface area contributed by atoms with Gasteiger partial charge in [-0.1, -0.05) is 36.8 Å². The van der Waals surface area contributed by atoms with Crippen LogP contribution in [0.4, 0.5) is 0 Å². The predicted octanol–water partition coefficient (Wildman–Crippen LogP) is 5.66. The molecule has 0 aliphatic heterocycles. The Balaban J connectivity index is 2.78. The summed E-state index contributed by atoms with van der Waals surface area (Å²) in [6.07, 6.45) is 8.63. The number of esters is 1. The predicted molar refractivity (Wildman–Crippen MR) is 104 cm³/mol. The molecule has 0 saturated heterocycles. The molecule has 0 aromatic heterocycles. The fourth-order valence-electron chi connectivity index (χ4n) is 2.53. The van der Waals surface area contributed by atoms with Gasteiger partial charge in [0.1, 0.15) is 0 Å². The number of ether oxygens (including phenoxy) is 2. The van der Waals surface area contributed by atoms with Crippen LogP contribution < -0.4 is 9.47 Å². The van der Waals surface area contributed by atoms with Crippen molar-refractivity contribution < 1.29 is 14.3 Å². The molecule has 0 amide bonds. The third kappa shape index (κ3) is 7.00. The average molecular weight is 342 g/mol. The number of rotatable bonds is 10. The fraction of sp³-hybridized carbons (Fsp3) is 0.409. The first-order chi connectivity index (χ1) is 11.8. The molecule has 0 fully saturated rings. The monoisotopic (exact) mass is 342 g/mol. The van der Waals surface area contributed by atoms with Crippen LogP contribution in [-0.4, -0.2) is 13.1 Å². The van der Waals surface area contributed by atoms with Crippen molar-refractivity contribution in [2.45, 2.75) is 46.5 Å². The van der Waals surface area contributed by atoms with Crippen molar-refractivity contribution in [3.05, 3.63) is 60.7 Å². The van der Waals surface area contributed by atoms with E-state index >= 15 is 0 Å². The third-order valence-corrected chi connectivity index (χ3v) is 4.14. The van der Waals surface area contributed by atoms with Crippen molar-refractivity contribution in [1.29, 1.82) is 0 Å². The molecule has 0 saturated carbocycles. The normalized spacial score (nSPS) is 12.6. The summed E-state index contributed by atoms with van der Waals surface area (Å²) in [6.45, 7) is 13.8. The second kappa shape index (κ2) is 9.87. The number of carbonyl (C=O) groups is 1. The number of carbonyl (C=O) groups excluding carboxylic acids is 1. The van der Waals surface area contributed by atoms with Gasteiger partial charge in [0, 0.05) is 0 Å². The summed E-state index contributed by atoms with van der Waals surface area (Å²) in [4.78, 5) is 12.4. The number of hydrogen-bond donors (Lipinski definition) is 0. The SMILES string of the molecule is C=CCc1ccc(OC(=O)CC(C)(C=C)CCC=C(C)C)c(OC)c1. The van der Waals surface area contributed by atoms with Crippen LogP contribution in [0.1, 0.15) is 45.6 Å². The maximum absolute atomic E-state index is 12.4. The van der Waals surface area contributed by atoms with Gasteiger partial charge in [0.05, 0.1) is 13.5 Å². The molecule has 1 atom stereocenters. The molecule has 1 unspecified atom stereocenters. The zero-order valence-corrected chi connectivity index (χ0v) is 15.9. The first-order valence-corrected chi connectivity index (χ1v) is 8.59. The van der Waals surface area contributed by atoms with E-state index in [4.69, 9.17) is 9.47 Å². The molecule has 3 heteroatoms. The number of benzene rings is 1. The standard InChI is InChI=1S/C22H30O3/c1-7-10-18-12-13-19(20(15-18)24-6)25-21(23)16-22(5,8-2)14-9-11-17(3)4/h7-8,11-13,15H,1-2,9-10,14,16H2,3-6H3. The molecule has 25 heavy (non-hydrogen) atoms. The minimum absolute atomic E-state index is 0.282. The smallest absolute Gasteiger partial charge is 0.312 e. The van der Waals surface area contributed by atoms with Gasteiger partial charge in [-0.15, -0.1) is 13.2 Å². The lowest BCUT2D eigenvalue weighted by atomic mass is 9.82. The van der Waals surface area contributed by atoms with Gasteiger partial charge in [-0.2, -0.15) is 0 Å². The van der Waals surface area contributed by atoms with Crippen LogP contribution in [0.2, 0.25) is 0 Å². The maximum Gasteiger partial charge on any atom is 0.312 e. The van der Waals surface area contributed by atoms with E-state index in [2.05, 4.69) is 33.1 Å². The molecule has 0 aliphatic rings. The molecule has 136 valence electrons. The molecule has 0 spiro atoms. The van der Waals surface area contributed by atoms with E-state index in [-0.39, 0.29) is 17.8 Å². The molecular weight excluding hydrogens is 312 g/mol. The molecule has 0 aliphatic carbocycles. The van der Waals surface area contributed by atoms with Crippen molar-refractivity contribution >= 4 is 5.97 Å². The lowest BCUT2D eigenvalue weighted by Crippen LogP contribution is -2.21. The van der Waals surface area contributed by atoms with Crippen molar-refractivity contribution in [2.75, 3.05) is 7.11 Å². The summed E-state index contributed by atoms with van der Waals surface area (Å²) in [5.74, 6) is 0.711. The Labute approximate surface area is 152 Å². The Bertz CT molecular complexity index is 639. The van der Waals surface area contributed by atoms with Gasteiger partial charge < -0.3 is 9.47 Å². The van der Waals surface area contributed by atoms with Crippen LogP contribution in [0.5, 0.6) is 11.5 Å². The summed E-state index contributed by atoms with van der Waals surface area (Å²) in [5, 5.41) is 0.